The number of ether oxygens (including phenoxy) is 1. The molecule has 0 saturated carbocycles. The number of hydrogen-bond donors (Lipinski definition) is 1. The van der Waals surface area contributed by atoms with Crippen LogP contribution in [-0.2, 0) is 4.79 Å². The molecular weight excluding hydrogens is 264 g/mol. The Labute approximate surface area is 127 Å². The molecule has 0 radical (unpaired) electrons. The summed E-state index contributed by atoms with van der Waals surface area (Å²) in [5.74, 6) is 0.498. The normalized spacial score (nSPS) is 11.8. The molecule has 0 aliphatic rings. The summed E-state index contributed by atoms with van der Waals surface area (Å²) in [5.41, 5.74) is 3.38. The Kier molecular flexibility index (Phi) is 7.00. The highest BCUT2D eigenvalue weighted by atomic mass is 16.5. The van der Waals surface area contributed by atoms with Crippen molar-refractivity contribution >= 4 is 11.5 Å². The lowest BCUT2D eigenvalue weighted by Crippen LogP contribution is -2.00. The van der Waals surface area contributed by atoms with Crippen molar-refractivity contribution in [2.24, 2.45) is 0 Å². The van der Waals surface area contributed by atoms with E-state index >= 15 is 0 Å². The summed E-state index contributed by atoms with van der Waals surface area (Å²) in [4.78, 5) is 10.8. The predicted octanol–water partition coefficient (Wildman–Crippen LogP) is 4.87. The van der Waals surface area contributed by atoms with Gasteiger partial charge >= 0.3 is 5.97 Å². The minimum Gasteiger partial charge on any atom is -0.494 e. The first-order valence-corrected chi connectivity index (χ1v) is 7.67. The van der Waals surface area contributed by atoms with E-state index in [0.29, 0.717) is 12.5 Å². The van der Waals surface area contributed by atoms with Crippen molar-refractivity contribution in [3.05, 3.63) is 35.4 Å². The van der Waals surface area contributed by atoms with E-state index in [1.165, 1.54) is 5.56 Å². The molecule has 1 rings (SSSR count). The van der Waals surface area contributed by atoms with E-state index in [9.17, 15) is 4.79 Å². The second kappa shape index (κ2) is 8.50. The molecule has 0 atom stereocenters. The molecule has 0 fully saturated rings. The van der Waals surface area contributed by atoms with Crippen LogP contribution in [0.4, 0.5) is 0 Å². The Morgan fingerprint density at radius 2 is 2.05 bits per heavy atom. The summed E-state index contributed by atoms with van der Waals surface area (Å²) in [6.07, 6.45) is 3.78. The number of carbonyl (C=O) groups is 1. The number of rotatable bonds is 8. The lowest BCUT2D eigenvalue weighted by molar-refractivity contribution is -0.135. The molecular formula is C18H26O3. The van der Waals surface area contributed by atoms with Crippen LogP contribution < -0.4 is 4.74 Å². The van der Waals surface area contributed by atoms with Gasteiger partial charge in [0.2, 0.25) is 0 Å². The monoisotopic (exact) mass is 290 g/mol. The molecule has 0 saturated heterocycles. The van der Waals surface area contributed by atoms with Crippen molar-refractivity contribution < 1.29 is 14.6 Å². The first-order valence-electron chi connectivity index (χ1n) is 7.67. The van der Waals surface area contributed by atoms with Crippen LogP contribution in [0, 0.1) is 0 Å². The molecule has 0 aliphatic carbocycles. The SMILES string of the molecule is CCC/C(=C\CC(=O)O)c1ccc(OCC)c(C(C)C)c1. The molecule has 0 bridgehead atoms. The topological polar surface area (TPSA) is 46.5 Å². The molecule has 1 aromatic carbocycles. The van der Waals surface area contributed by atoms with E-state index in [-0.39, 0.29) is 6.42 Å². The molecule has 1 N–H and O–H groups in total. The summed E-state index contributed by atoms with van der Waals surface area (Å²) in [5, 5.41) is 8.87. The van der Waals surface area contributed by atoms with E-state index in [2.05, 4.69) is 26.8 Å². The maximum Gasteiger partial charge on any atom is 0.307 e. The van der Waals surface area contributed by atoms with Gasteiger partial charge in [0.05, 0.1) is 13.0 Å². The Morgan fingerprint density at radius 3 is 2.57 bits per heavy atom. The van der Waals surface area contributed by atoms with Crippen molar-refractivity contribution in [3.8, 4) is 5.75 Å². The minimum atomic E-state index is -0.793. The van der Waals surface area contributed by atoms with Gasteiger partial charge in [-0.05, 0) is 48.1 Å². The number of hydrogen-bond acceptors (Lipinski definition) is 2. The maximum absolute atomic E-state index is 10.8. The average molecular weight is 290 g/mol. The van der Waals surface area contributed by atoms with Crippen molar-refractivity contribution in [2.75, 3.05) is 6.61 Å². The second-order valence-corrected chi connectivity index (χ2v) is 5.42. The van der Waals surface area contributed by atoms with Gasteiger partial charge in [-0.1, -0.05) is 39.3 Å². The highest BCUT2D eigenvalue weighted by Gasteiger charge is 2.11. The zero-order valence-corrected chi connectivity index (χ0v) is 13.5. The summed E-state index contributed by atoms with van der Waals surface area (Å²) in [6.45, 7) is 9.01. The lowest BCUT2D eigenvalue weighted by Gasteiger charge is -2.16. The molecule has 21 heavy (non-hydrogen) atoms. The van der Waals surface area contributed by atoms with Crippen LogP contribution in [0.15, 0.2) is 24.3 Å². The van der Waals surface area contributed by atoms with Gasteiger partial charge in [-0.15, -0.1) is 0 Å². The minimum absolute atomic E-state index is 0.0690. The third-order valence-corrected chi connectivity index (χ3v) is 3.34. The van der Waals surface area contributed by atoms with E-state index < -0.39 is 5.97 Å². The van der Waals surface area contributed by atoms with E-state index in [1.807, 2.05) is 25.1 Å². The second-order valence-electron chi connectivity index (χ2n) is 5.42. The number of benzene rings is 1. The van der Waals surface area contributed by atoms with Crippen molar-refractivity contribution in [1.29, 1.82) is 0 Å². The molecule has 0 heterocycles. The predicted molar refractivity (Wildman–Crippen MR) is 86.8 cm³/mol. The molecule has 1 aromatic rings. The van der Waals surface area contributed by atoms with Gasteiger partial charge in [-0.2, -0.15) is 0 Å². The molecule has 3 nitrogen and oxygen atoms in total. The highest BCUT2D eigenvalue weighted by Crippen LogP contribution is 2.31. The van der Waals surface area contributed by atoms with Gasteiger partial charge in [0, 0.05) is 0 Å². The van der Waals surface area contributed by atoms with Crippen LogP contribution in [0.2, 0.25) is 0 Å². The number of carboxylic acids is 1. The van der Waals surface area contributed by atoms with Crippen LogP contribution >= 0.6 is 0 Å². The Bertz CT molecular complexity index is 501. The fraction of sp³-hybridized carbons (Fsp3) is 0.500. The summed E-state index contributed by atoms with van der Waals surface area (Å²) < 4.78 is 5.68. The quantitative estimate of drug-likeness (QED) is 0.743. The van der Waals surface area contributed by atoms with Gasteiger partial charge in [-0.25, -0.2) is 0 Å². The third kappa shape index (κ3) is 5.25. The van der Waals surface area contributed by atoms with Crippen molar-refractivity contribution in [2.45, 2.75) is 52.9 Å². The zero-order chi connectivity index (χ0) is 15.8. The van der Waals surface area contributed by atoms with Gasteiger partial charge in [0.15, 0.2) is 0 Å². The van der Waals surface area contributed by atoms with Gasteiger partial charge in [0.25, 0.3) is 0 Å². The van der Waals surface area contributed by atoms with Gasteiger partial charge < -0.3 is 9.84 Å². The van der Waals surface area contributed by atoms with Crippen LogP contribution in [0.25, 0.3) is 5.57 Å². The first kappa shape index (κ1) is 17.3. The van der Waals surface area contributed by atoms with Gasteiger partial charge in [-0.3, -0.25) is 4.79 Å². The zero-order valence-electron chi connectivity index (χ0n) is 13.5. The van der Waals surface area contributed by atoms with Crippen molar-refractivity contribution in [3.63, 3.8) is 0 Å². The molecule has 0 aromatic heterocycles. The molecule has 116 valence electrons. The van der Waals surface area contributed by atoms with Crippen LogP contribution in [0.1, 0.15) is 64.0 Å². The van der Waals surface area contributed by atoms with E-state index in [4.69, 9.17) is 9.84 Å². The molecule has 0 aliphatic heterocycles. The van der Waals surface area contributed by atoms with Crippen LogP contribution in [0.3, 0.4) is 0 Å². The van der Waals surface area contributed by atoms with E-state index in [0.717, 1.165) is 29.7 Å². The fourth-order valence-corrected chi connectivity index (χ4v) is 2.33. The Hall–Kier alpha value is -1.77. The van der Waals surface area contributed by atoms with Crippen LogP contribution in [-0.4, -0.2) is 17.7 Å². The smallest absolute Gasteiger partial charge is 0.307 e. The van der Waals surface area contributed by atoms with Crippen LogP contribution in [0.5, 0.6) is 5.75 Å². The number of allylic oxidation sites excluding steroid dienone is 1. The molecule has 0 unspecified atom stereocenters. The summed E-state index contributed by atoms with van der Waals surface area (Å²) in [7, 11) is 0. The van der Waals surface area contributed by atoms with Gasteiger partial charge in [0.1, 0.15) is 5.75 Å². The largest absolute Gasteiger partial charge is 0.494 e. The maximum atomic E-state index is 10.8. The highest BCUT2D eigenvalue weighted by molar-refractivity contribution is 5.74. The summed E-state index contributed by atoms with van der Waals surface area (Å²) >= 11 is 0. The number of carboxylic acid groups (broad SMARTS) is 1. The Balaban J connectivity index is 3.17. The average Bonchev–Trinajstić information content (AvgIpc) is 2.44. The molecule has 3 heteroatoms. The standard InChI is InChI=1S/C18H26O3/c1-5-7-14(9-11-18(19)20)15-8-10-17(21-6-2)16(12-15)13(3)4/h8-10,12-13H,5-7,11H2,1-4H3,(H,19,20)/b14-9+. The first-order chi connectivity index (χ1) is 9.99. The Morgan fingerprint density at radius 1 is 1.33 bits per heavy atom. The van der Waals surface area contributed by atoms with E-state index in [1.54, 1.807) is 0 Å². The fourth-order valence-electron chi connectivity index (χ4n) is 2.33. The third-order valence-electron chi connectivity index (χ3n) is 3.34. The molecule has 0 spiro atoms. The molecule has 0 amide bonds. The lowest BCUT2D eigenvalue weighted by atomic mass is 9.94. The summed E-state index contributed by atoms with van der Waals surface area (Å²) in [6, 6.07) is 6.16. The van der Waals surface area contributed by atoms with Crippen molar-refractivity contribution in [1.82, 2.24) is 0 Å². The number of aliphatic carboxylic acids is 1.